The van der Waals surface area contributed by atoms with E-state index in [1.54, 1.807) is 30.3 Å². The minimum atomic E-state index is -0.430. The molecule has 0 radical (unpaired) electrons. The van der Waals surface area contributed by atoms with Gasteiger partial charge in [-0.25, -0.2) is 9.78 Å². The summed E-state index contributed by atoms with van der Waals surface area (Å²) < 4.78 is 1.14. The molecular formula is C16H9N5O2. The van der Waals surface area contributed by atoms with Gasteiger partial charge in [0.15, 0.2) is 11.5 Å². The summed E-state index contributed by atoms with van der Waals surface area (Å²) in [5, 5.41) is 23.4. The lowest BCUT2D eigenvalue weighted by Gasteiger charge is -2.00. The van der Waals surface area contributed by atoms with Gasteiger partial charge in [-0.15, -0.1) is 5.10 Å². The molecule has 0 saturated heterocycles. The Morgan fingerprint density at radius 2 is 1.96 bits per heavy atom. The van der Waals surface area contributed by atoms with Crippen molar-refractivity contribution in [1.82, 2.24) is 19.6 Å². The number of fused-ring (bicyclic) bond motifs is 3. The van der Waals surface area contributed by atoms with Crippen LogP contribution in [0, 0.1) is 11.3 Å². The number of nitrogens with one attached hydrogen (secondary N) is 1. The largest absolute Gasteiger partial charge is 0.508 e. The van der Waals surface area contributed by atoms with E-state index in [4.69, 9.17) is 0 Å². The van der Waals surface area contributed by atoms with Gasteiger partial charge in [0.1, 0.15) is 5.75 Å². The molecule has 4 aromatic rings. The molecule has 0 amide bonds. The Morgan fingerprint density at radius 3 is 2.70 bits per heavy atom. The van der Waals surface area contributed by atoms with Gasteiger partial charge >= 0.3 is 5.69 Å². The number of phenols is 1. The second-order valence-electron chi connectivity index (χ2n) is 4.99. The van der Waals surface area contributed by atoms with E-state index < -0.39 is 5.69 Å². The molecule has 0 unspecified atom stereocenters. The first-order valence-electron chi connectivity index (χ1n) is 6.78. The molecule has 0 atom stereocenters. The van der Waals surface area contributed by atoms with Crippen LogP contribution in [0.15, 0.2) is 47.3 Å². The van der Waals surface area contributed by atoms with Gasteiger partial charge in [-0.1, -0.05) is 6.07 Å². The highest BCUT2D eigenvalue weighted by Crippen LogP contribution is 2.23. The molecule has 0 aliphatic heterocycles. The first-order valence-corrected chi connectivity index (χ1v) is 6.78. The normalized spacial score (nSPS) is 10.9. The van der Waals surface area contributed by atoms with Crippen LogP contribution in [-0.4, -0.2) is 24.7 Å². The lowest BCUT2D eigenvalue weighted by molar-refractivity contribution is 0.475. The summed E-state index contributed by atoms with van der Waals surface area (Å²) in [6.45, 7) is 0. The Labute approximate surface area is 129 Å². The van der Waals surface area contributed by atoms with Gasteiger partial charge in [0, 0.05) is 5.56 Å². The van der Waals surface area contributed by atoms with Crippen LogP contribution in [0.4, 0.5) is 0 Å². The number of H-pyrrole nitrogens is 1. The van der Waals surface area contributed by atoms with Gasteiger partial charge in [0.25, 0.3) is 0 Å². The van der Waals surface area contributed by atoms with Crippen LogP contribution >= 0.6 is 0 Å². The van der Waals surface area contributed by atoms with Gasteiger partial charge < -0.3 is 10.1 Å². The van der Waals surface area contributed by atoms with Crippen LogP contribution in [0.25, 0.3) is 27.9 Å². The van der Waals surface area contributed by atoms with Gasteiger partial charge in [0.2, 0.25) is 0 Å². The van der Waals surface area contributed by atoms with Crippen molar-refractivity contribution >= 4 is 16.6 Å². The van der Waals surface area contributed by atoms with E-state index in [9.17, 15) is 15.2 Å². The maximum Gasteiger partial charge on any atom is 0.348 e. The van der Waals surface area contributed by atoms with Crippen LogP contribution < -0.4 is 5.69 Å². The number of nitriles is 1. The highest BCUT2D eigenvalue weighted by Gasteiger charge is 2.14. The van der Waals surface area contributed by atoms with E-state index in [1.165, 1.54) is 12.1 Å². The molecule has 0 aliphatic rings. The van der Waals surface area contributed by atoms with Gasteiger partial charge in [-0.2, -0.15) is 9.78 Å². The maximum atomic E-state index is 12.2. The fourth-order valence-corrected chi connectivity index (χ4v) is 2.51. The monoisotopic (exact) mass is 303 g/mol. The lowest BCUT2D eigenvalue weighted by Crippen LogP contribution is -2.17. The highest BCUT2D eigenvalue weighted by atomic mass is 16.3. The number of aromatic hydroxyl groups is 1. The smallest absolute Gasteiger partial charge is 0.348 e. The molecule has 2 aromatic carbocycles. The predicted molar refractivity (Wildman–Crippen MR) is 82.9 cm³/mol. The summed E-state index contributed by atoms with van der Waals surface area (Å²) in [7, 11) is 0. The number of hydrogen-bond acceptors (Lipinski definition) is 5. The molecule has 0 bridgehead atoms. The summed E-state index contributed by atoms with van der Waals surface area (Å²) in [5.74, 6) is 0.475. The van der Waals surface area contributed by atoms with E-state index >= 15 is 0 Å². The van der Waals surface area contributed by atoms with Crippen molar-refractivity contribution in [2.24, 2.45) is 0 Å². The molecule has 2 N–H and O–H groups in total. The third kappa shape index (κ3) is 1.93. The number of phenolic OH excluding ortho intramolecular Hbond substituents is 1. The predicted octanol–water partition coefficient (Wildman–Crippen LogP) is 1.82. The zero-order chi connectivity index (χ0) is 16.0. The Bertz CT molecular complexity index is 1150. The Hall–Kier alpha value is -3.66. The van der Waals surface area contributed by atoms with Crippen molar-refractivity contribution < 1.29 is 5.11 Å². The lowest BCUT2D eigenvalue weighted by atomic mass is 10.1. The van der Waals surface area contributed by atoms with Crippen molar-refractivity contribution in [3.05, 3.63) is 58.5 Å². The van der Waals surface area contributed by atoms with Crippen LogP contribution in [-0.2, 0) is 0 Å². The average Bonchev–Trinajstić information content (AvgIpc) is 3.01. The Balaban J connectivity index is 2.10. The molecular weight excluding hydrogens is 294 g/mol. The summed E-state index contributed by atoms with van der Waals surface area (Å²) in [6, 6.07) is 13.5. The van der Waals surface area contributed by atoms with Gasteiger partial charge in [-0.3, -0.25) is 0 Å². The van der Waals surface area contributed by atoms with Crippen molar-refractivity contribution in [2.75, 3.05) is 0 Å². The minimum Gasteiger partial charge on any atom is -0.508 e. The molecule has 7 nitrogen and oxygen atoms in total. The highest BCUT2D eigenvalue weighted by molar-refractivity contribution is 5.96. The zero-order valence-electron chi connectivity index (χ0n) is 11.7. The van der Waals surface area contributed by atoms with Crippen molar-refractivity contribution in [3.8, 4) is 23.2 Å². The number of benzene rings is 2. The molecule has 7 heteroatoms. The van der Waals surface area contributed by atoms with Crippen molar-refractivity contribution in [1.29, 1.82) is 5.26 Å². The van der Waals surface area contributed by atoms with Crippen molar-refractivity contribution in [2.45, 2.75) is 0 Å². The molecule has 0 fully saturated rings. The zero-order valence-corrected chi connectivity index (χ0v) is 11.7. The SMILES string of the molecule is N#Cc1cccc2[nH]c(=O)n3nc(-c4ccc(O)cc4)nc3c12. The number of rotatable bonds is 1. The quantitative estimate of drug-likeness (QED) is 0.557. The summed E-state index contributed by atoms with van der Waals surface area (Å²) in [4.78, 5) is 19.3. The van der Waals surface area contributed by atoms with Crippen LogP contribution in [0.3, 0.4) is 0 Å². The summed E-state index contributed by atoms with van der Waals surface area (Å²) >= 11 is 0. The molecule has 23 heavy (non-hydrogen) atoms. The third-order valence-corrected chi connectivity index (χ3v) is 3.58. The van der Waals surface area contributed by atoms with Gasteiger partial charge in [0.05, 0.1) is 22.5 Å². The number of aromatic nitrogens is 4. The summed E-state index contributed by atoms with van der Waals surface area (Å²) in [6.07, 6.45) is 0. The third-order valence-electron chi connectivity index (χ3n) is 3.58. The van der Waals surface area contributed by atoms with Crippen LogP contribution in [0.2, 0.25) is 0 Å². The Morgan fingerprint density at radius 1 is 1.17 bits per heavy atom. The molecule has 4 rings (SSSR count). The summed E-state index contributed by atoms with van der Waals surface area (Å²) in [5.41, 5.74) is 1.50. The average molecular weight is 303 g/mol. The maximum absolute atomic E-state index is 12.2. The minimum absolute atomic E-state index is 0.132. The molecule has 0 aliphatic carbocycles. The number of aromatic amines is 1. The molecule has 2 heterocycles. The second-order valence-corrected chi connectivity index (χ2v) is 4.99. The van der Waals surface area contributed by atoms with E-state index in [2.05, 4.69) is 21.1 Å². The fourth-order valence-electron chi connectivity index (χ4n) is 2.51. The fraction of sp³-hybridized carbons (Fsp3) is 0. The second kappa shape index (κ2) is 4.68. The molecule has 110 valence electrons. The molecule has 0 spiro atoms. The van der Waals surface area contributed by atoms with E-state index in [-0.39, 0.29) is 5.75 Å². The number of nitrogens with zero attached hydrogens (tertiary/aromatic N) is 4. The van der Waals surface area contributed by atoms with E-state index in [0.717, 1.165) is 4.52 Å². The van der Waals surface area contributed by atoms with E-state index in [0.29, 0.717) is 33.5 Å². The van der Waals surface area contributed by atoms with Crippen LogP contribution in [0.5, 0.6) is 5.75 Å². The Kier molecular flexibility index (Phi) is 2.65. The van der Waals surface area contributed by atoms with Crippen LogP contribution in [0.1, 0.15) is 5.56 Å². The molecule has 2 aromatic heterocycles. The molecule has 0 saturated carbocycles. The van der Waals surface area contributed by atoms with Gasteiger partial charge in [-0.05, 0) is 36.4 Å². The first-order chi connectivity index (χ1) is 11.2. The van der Waals surface area contributed by atoms with Crippen molar-refractivity contribution in [3.63, 3.8) is 0 Å². The number of hydrogen-bond donors (Lipinski definition) is 2. The first kappa shape index (κ1) is 13.0. The standard InChI is InChI=1S/C16H9N5O2/c17-8-10-2-1-3-12-13(10)15-19-14(20-21(15)16(23)18-12)9-4-6-11(22)7-5-9/h1-7,22H,(H,18,23). The van der Waals surface area contributed by atoms with E-state index in [1.807, 2.05) is 0 Å². The topological polar surface area (TPSA) is 107 Å².